The molecule has 1 aromatic carbocycles. The molecular formula is C21H23N5O2. The molecule has 3 aromatic rings. The number of carbonyl (C=O) groups is 1. The van der Waals surface area contributed by atoms with E-state index >= 15 is 0 Å². The number of benzene rings is 1. The van der Waals surface area contributed by atoms with Crippen molar-refractivity contribution in [2.75, 3.05) is 13.1 Å². The Morgan fingerprint density at radius 2 is 2.00 bits per heavy atom. The average Bonchev–Trinajstić information content (AvgIpc) is 3.15. The largest absolute Gasteiger partial charge is 0.342 e. The van der Waals surface area contributed by atoms with Crippen LogP contribution < -0.4 is 5.32 Å². The Labute approximate surface area is 163 Å². The molecule has 1 atom stereocenters. The van der Waals surface area contributed by atoms with Crippen LogP contribution in [0.4, 0.5) is 0 Å². The number of nitrogens with one attached hydrogen (secondary N) is 1. The van der Waals surface area contributed by atoms with E-state index in [0.29, 0.717) is 17.9 Å². The number of rotatable bonds is 5. The van der Waals surface area contributed by atoms with Crippen LogP contribution in [-0.2, 0) is 6.54 Å². The first-order chi connectivity index (χ1) is 13.8. The molecule has 1 fully saturated rings. The molecule has 1 amide bonds. The lowest BCUT2D eigenvalue weighted by Crippen LogP contribution is -2.40. The van der Waals surface area contributed by atoms with Crippen molar-refractivity contribution >= 4 is 5.91 Å². The average molecular weight is 377 g/mol. The van der Waals surface area contributed by atoms with Gasteiger partial charge in [-0.15, -0.1) is 0 Å². The quantitative estimate of drug-likeness (QED) is 0.736. The van der Waals surface area contributed by atoms with Crippen LogP contribution in [0.15, 0.2) is 59.6 Å². The highest BCUT2D eigenvalue weighted by atomic mass is 16.5. The number of carbonyl (C=O) groups excluding carboxylic acids is 1. The van der Waals surface area contributed by atoms with Gasteiger partial charge in [0.2, 0.25) is 12.2 Å². The number of hydrogen-bond acceptors (Lipinski definition) is 6. The second-order valence-corrected chi connectivity index (χ2v) is 6.92. The Kier molecular flexibility index (Phi) is 5.72. The van der Waals surface area contributed by atoms with Crippen LogP contribution in [0, 0.1) is 0 Å². The van der Waals surface area contributed by atoms with Gasteiger partial charge in [0.15, 0.2) is 0 Å². The molecule has 28 heavy (non-hydrogen) atoms. The van der Waals surface area contributed by atoms with Crippen LogP contribution in [-0.4, -0.2) is 45.1 Å². The molecule has 0 radical (unpaired) electrons. The Hall–Kier alpha value is -3.06. The van der Waals surface area contributed by atoms with E-state index in [4.69, 9.17) is 4.52 Å². The van der Waals surface area contributed by atoms with Crippen LogP contribution in [0.25, 0.3) is 11.4 Å². The summed E-state index contributed by atoms with van der Waals surface area (Å²) < 4.78 is 4.79. The zero-order chi connectivity index (χ0) is 19.2. The molecule has 1 aliphatic heterocycles. The van der Waals surface area contributed by atoms with Crippen LogP contribution in [0.1, 0.15) is 35.3 Å². The fraction of sp³-hybridized carbons (Fsp3) is 0.333. The summed E-state index contributed by atoms with van der Waals surface area (Å²) in [5.41, 5.74) is 2.37. The predicted octanol–water partition coefficient (Wildman–Crippen LogP) is 2.92. The number of hydrogen-bond donors (Lipinski definition) is 1. The normalized spacial score (nSPS) is 17.1. The van der Waals surface area contributed by atoms with Gasteiger partial charge in [0.25, 0.3) is 5.91 Å². The van der Waals surface area contributed by atoms with Gasteiger partial charge in [-0.1, -0.05) is 23.4 Å². The standard InChI is InChI=1S/C21H23N5O2/c27-21(17-8-6-16(7-9-17)20-24-15-28-25-20)26(14-18-4-1-2-12-23-18)19-5-3-11-22-13-10-19/h1-2,4,6-9,12,15,19,22H,3,5,10-11,13-14H2. The molecule has 7 nitrogen and oxygen atoms in total. The molecule has 1 N–H and O–H groups in total. The van der Waals surface area contributed by atoms with Crippen molar-refractivity contribution in [3.63, 3.8) is 0 Å². The van der Waals surface area contributed by atoms with E-state index in [1.165, 1.54) is 6.39 Å². The minimum atomic E-state index is 0.0252. The number of aromatic nitrogens is 3. The van der Waals surface area contributed by atoms with Gasteiger partial charge in [0.05, 0.1) is 12.2 Å². The molecule has 0 spiro atoms. The fourth-order valence-electron chi connectivity index (χ4n) is 3.57. The van der Waals surface area contributed by atoms with Gasteiger partial charge in [-0.05, 0) is 56.6 Å². The lowest BCUT2D eigenvalue weighted by atomic mass is 10.0. The van der Waals surface area contributed by atoms with Crippen molar-refractivity contribution in [1.82, 2.24) is 25.3 Å². The maximum atomic E-state index is 13.4. The SMILES string of the molecule is O=C(c1ccc(-c2ncon2)cc1)N(Cc1ccccn1)C1CCCNCC1. The molecule has 3 heterocycles. The Morgan fingerprint density at radius 3 is 2.75 bits per heavy atom. The van der Waals surface area contributed by atoms with Gasteiger partial charge in [-0.3, -0.25) is 9.78 Å². The Bertz CT molecular complexity index is 873. The van der Waals surface area contributed by atoms with Crippen molar-refractivity contribution in [3.8, 4) is 11.4 Å². The summed E-state index contributed by atoms with van der Waals surface area (Å²) in [5, 5.41) is 7.26. The first-order valence-electron chi connectivity index (χ1n) is 9.59. The van der Waals surface area contributed by atoms with Crippen molar-refractivity contribution in [2.24, 2.45) is 0 Å². The highest BCUT2D eigenvalue weighted by Crippen LogP contribution is 2.21. The highest BCUT2D eigenvalue weighted by molar-refractivity contribution is 5.94. The summed E-state index contributed by atoms with van der Waals surface area (Å²) in [7, 11) is 0. The third-order valence-corrected chi connectivity index (χ3v) is 5.06. The van der Waals surface area contributed by atoms with Gasteiger partial charge in [-0.25, -0.2) is 0 Å². The second kappa shape index (κ2) is 8.75. The molecule has 1 saturated heterocycles. The van der Waals surface area contributed by atoms with Crippen molar-refractivity contribution in [1.29, 1.82) is 0 Å². The maximum Gasteiger partial charge on any atom is 0.254 e. The zero-order valence-electron chi connectivity index (χ0n) is 15.6. The minimum Gasteiger partial charge on any atom is -0.342 e. The van der Waals surface area contributed by atoms with Gasteiger partial charge in [-0.2, -0.15) is 4.98 Å². The lowest BCUT2D eigenvalue weighted by Gasteiger charge is -2.31. The minimum absolute atomic E-state index is 0.0252. The molecule has 144 valence electrons. The molecule has 0 aliphatic carbocycles. The number of pyridine rings is 1. The number of nitrogens with zero attached hydrogens (tertiary/aromatic N) is 4. The van der Waals surface area contributed by atoms with Gasteiger partial charge in [0, 0.05) is 23.4 Å². The van der Waals surface area contributed by atoms with Gasteiger partial charge in [0.1, 0.15) is 0 Å². The topological polar surface area (TPSA) is 84.2 Å². The zero-order valence-corrected chi connectivity index (χ0v) is 15.6. The molecule has 7 heteroatoms. The Balaban J connectivity index is 1.58. The lowest BCUT2D eigenvalue weighted by molar-refractivity contribution is 0.0642. The molecule has 0 saturated carbocycles. The van der Waals surface area contributed by atoms with Crippen LogP contribution in [0.3, 0.4) is 0 Å². The van der Waals surface area contributed by atoms with Crippen molar-refractivity contribution in [3.05, 3.63) is 66.3 Å². The summed E-state index contributed by atoms with van der Waals surface area (Å²) in [6, 6.07) is 13.4. The molecular weight excluding hydrogens is 354 g/mol. The van der Waals surface area contributed by atoms with Gasteiger partial charge < -0.3 is 14.7 Å². The summed E-state index contributed by atoms with van der Waals surface area (Å²) in [6.45, 7) is 2.44. The molecule has 1 unspecified atom stereocenters. The van der Waals surface area contributed by atoms with E-state index in [9.17, 15) is 4.79 Å². The summed E-state index contributed by atoms with van der Waals surface area (Å²) in [6.07, 6.45) is 6.06. The highest BCUT2D eigenvalue weighted by Gasteiger charge is 2.26. The smallest absolute Gasteiger partial charge is 0.254 e. The summed E-state index contributed by atoms with van der Waals surface area (Å²) >= 11 is 0. The summed E-state index contributed by atoms with van der Waals surface area (Å²) in [4.78, 5) is 23.8. The van der Waals surface area contributed by atoms with E-state index in [1.807, 2.05) is 47.4 Å². The fourth-order valence-corrected chi connectivity index (χ4v) is 3.57. The van der Waals surface area contributed by atoms with E-state index in [2.05, 4.69) is 20.4 Å². The monoisotopic (exact) mass is 377 g/mol. The number of amides is 1. The van der Waals surface area contributed by atoms with E-state index < -0.39 is 0 Å². The second-order valence-electron chi connectivity index (χ2n) is 6.92. The van der Waals surface area contributed by atoms with Crippen molar-refractivity contribution < 1.29 is 9.32 Å². The molecule has 1 aliphatic rings. The van der Waals surface area contributed by atoms with Crippen LogP contribution in [0.2, 0.25) is 0 Å². The Morgan fingerprint density at radius 1 is 1.11 bits per heavy atom. The maximum absolute atomic E-state index is 13.4. The first-order valence-corrected chi connectivity index (χ1v) is 9.59. The third-order valence-electron chi connectivity index (χ3n) is 5.06. The third kappa shape index (κ3) is 4.26. The van der Waals surface area contributed by atoms with Crippen LogP contribution >= 0.6 is 0 Å². The van der Waals surface area contributed by atoms with Gasteiger partial charge >= 0.3 is 0 Å². The van der Waals surface area contributed by atoms with Crippen molar-refractivity contribution in [2.45, 2.75) is 31.8 Å². The molecule has 4 rings (SSSR count). The van der Waals surface area contributed by atoms with E-state index in [1.54, 1.807) is 6.20 Å². The van der Waals surface area contributed by atoms with E-state index in [-0.39, 0.29) is 11.9 Å². The predicted molar refractivity (Wildman–Crippen MR) is 104 cm³/mol. The van der Waals surface area contributed by atoms with Crippen LogP contribution in [0.5, 0.6) is 0 Å². The van der Waals surface area contributed by atoms with E-state index in [0.717, 1.165) is 43.6 Å². The first kappa shape index (κ1) is 18.3. The summed E-state index contributed by atoms with van der Waals surface area (Å²) in [5.74, 6) is 0.538. The molecule has 0 bridgehead atoms. The molecule has 2 aromatic heterocycles.